The van der Waals surface area contributed by atoms with E-state index in [-0.39, 0.29) is 66.3 Å². The summed E-state index contributed by atoms with van der Waals surface area (Å²) in [5.41, 5.74) is 6.12. The molecule has 83 heavy (non-hydrogen) atoms. The van der Waals surface area contributed by atoms with E-state index in [4.69, 9.17) is 0 Å². The molecule has 4 aromatic heterocycles. The van der Waals surface area contributed by atoms with Gasteiger partial charge in [0.2, 0.25) is 0 Å². The van der Waals surface area contributed by atoms with Crippen LogP contribution in [0.3, 0.4) is 0 Å². The molecule has 1 aliphatic carbocycles. The lowest BCUT2D eigenvalue weighted by Crippen LogP contribution is -2.34. The smallest absolute Gasteiger partial charge is 0.276 e. The van der Waals surface area contributed by atoms with Gasteiger partial charge in [-0.2, -0.15) is 0 Å². The number of halogens is 2. The first-order valence-electron chi connectivity index (χ1n) is 26.7. The third kappa shape index (κ3) is 11.9. The number of amides is 4. The molecule has 0 saturated heterocycles. The molecule has 1 unspecified atom stereocenters. The van der Waals surface area contributed by atoms with Crippen molar-refractivity contribution in [2.75, 3.05) is 69.0 Å². The Hall–Kier alpha value is -8.18. The minimum atomic E-state index is -3.62. The van der Waals surface area contributed by atoms with Crippen LogP contribution in [0.1, 0.15) is 81.0 Å². The molecular weight excluding hydrogens is 1140 g/mol. The Morgan fingerprint density at radius 1 is 0.627 bits per heavy atom. The lowest BCUT2D eigenvalue weighted by Gasteiger charge is -2.23. The van der Waals surface area contributed by atoms with Crippen LogP contribution in [0.25, 0.3) is 20.9 Å². The number of nitrogens with one attached hydrogen (secondary N) is 4. The van der Waals surface area contributed by atoms with E-state index in [9.17, 15) is 40.4 Å². The zero-order chi connectivity index (χ0) is 58.5. The first kappa shape index (κ1) is 56.7. The second kappa shape index (κ2) is 22.5. The highest BCUT2D eigenvalue weighted by Gasteiger charge is 2.52. The molecule has 4 N–H and O–H groups in total. The fourth-order valence-corrected chi connectivity index (χ4v) is 15.1. The lowest BCUT2D eigenvalue weighted by atomic mass is 10.0. The molecule has 2 aliphatic heterocycles. The van der Waals surface area contributed by atoms with E-state index >= 15 is 4.39 Å². The third-order valence-electron chi connectivity index (χ3n) is 15.2. The van der Waals surface area contributed by atoms with Gasteiger partial charge in [-0.3, -0.25) is 19.2 Å². The molecule has 16 nitrogen and oxygen atoms in total. The van der Waals surface area contributed by atoms with Gasteiger partial charge in [0.25, 0.3) is 23.6 Å². The molecule has 4 aromatic carbocycles. The summed E-state index contributed by atoms with van der Waals surface area (Å²) in [5, 5.41) is 11.8. The fraction of sp³-hybridized carbons (Fsp3) is 0.246. The number of sulfone groups is 2. The number of carbonyl (C=O) groups excluding carboxylic acids is 4. The standard InChI is InChI=1S/C61H56F2N8O8S4/c1-35-12-9-15-43(62)53(35)68-57(72)49-31-38-23-27-71(48-19-8-6-14-42(48)55(38)80-49)60(75)46-17-11-21-52(67-46)65-40(33-82(3,76)77)29-37-28-36(2)54(44(63)30-37)69-58(73)50-32-39-22-26-70(47-18-7-5-13-41(47)56(39)81-50)59(74)45-16-10-20-51(66-45)64-34-61(24-25-61)83(4,78)79/h5-21,28,30-32,40H,22-27,29,33-34H2,1-4H3,(H,64,66)(H,65,67)(H,68,72)(H,69,73). The molecule has 0 spiro atoms. The predicted octanol–water partition coefficient (Wildman–Crippen LogP) is 10.8. The second-order valence-corrected chi connectivity index (χ2v) is 27.9. The molecule has 3 aliphatic rings. The Balaban J connectivity index is 0.765. The third-order valence-corrected chi connectivity index (χ3v) is 20.7. The summed E-state index contributed by atoms with van der Waals surface area (Å²) in [6, 6.07) is 34.8. The number of fused-ring (bicyclic) bond motifs is 6. The highest BCUT2D eigenvalue weighted by atomic mass is 32.2. The number of aryl methyl sites for hydroxylation is 2. The number of para-hydroxylation sites is 3. The molecular formula is C61H56F2N8O8S4. The van der Waals surface area contributed by atoms with Crippen LogP contribution in [-0.4, -0.2) is 99.1 Å². The molecule has 11 rings (SSSR count). The Bertz CT molecular complexity index is 4140. The summed E-state index contributed by atoms with van der Waals surface area (Å²) >= 11 is 2.48. The average Bonchev–Trinajstić information content (AvgIpc) is 3.19. The number of hydrogen-bond acceptors (Lipinski definition) is 14. The first-order chi connectivity index (χ1) is 39.6. The van der Waals surface area contributed by atoms with Gasteiger partial charge in [-0.15, -0.1) is 22.7 Å². The quantitative estimate of drug-likeness (QED) is 0.0711. The van der Waals surface area contributed by atoms with Crippen molar-refractivity contribution in [3.05, 3.63) is 188 Å². The number of aromatic nitrogens is 2. The number of nitrogens with zero attached hydrogens (tertiary/aromatic N) is 4. The van der Waals surface area contributed by atoms with Crippen molar-refractivity contribution in [3.63, 3.8) is 0 Å². The van der Waals surface area contributed by atoms with Crippen molar-refractivity contribution < 1.29 is 44.8 Å². The van der Waals surface area contributed by atoms with Crippen LogP contribution in [0.4, 0.5) is 43.2 Å². The van der Waals surface area contributed by atoms with Crippen LogP contribution in [0.2, 0.25) is 0 Å². The van der Waals surface area contributed by atoms with Gasteiger partial charge in [0.15, 0.2) is 9.84 Å². The minimum Gasteiger partial charge on any atom is -0.368 e. The number of hydrogen-bond donors (Lipinski definition) is 4. The van der Waals surface area contributed by atoms with E-state index in [0.29, 0.717) is 69.3 Å². The van der Waals surface area contributed by atoms with Crippen molar-refractivity contribution in [1.29, 1.82) is 0 Å². The van der Waals surface area contributed by atoms with Gasteiger partial charge in [-0.05, 0) is 134 Å². The van der Waals surface area contributed by atoms with Crippen molar-refractivity contribution in [2.45, 2.75) is 56.7 Å². The average molecular weight is 1200 g/mol. The van der Waals surface area contributed by atoms with Crippen LogP contribution in [-0.2, 0) is 38.9 Å². The van der Waals surface area contributed by atoms with Gasteiger partial charge in [0.05, 0.1) is 43.0 Å². The Morgan fingerprint density at radius 3 is 1.66 bits per heavy atom. The number of carbonyl (C=O) groups is 4. The van der Waals surface area contributed by atoms with Crippen molar-refractivity contribution in [1.82, 2.24) is 9.97 Å². The zero-order valence-corrected chi connectivity index (χ0v) is 48.8. The highest BCUT2D eigenvalue weighted by molar-refractivity contribution is 7.92. The Kier molecular flexibility index (Phi) is 15.4. The van der Waals surface area contributed by atoms with E-state index in [1.54, 1.807) is 90.4 Å². The molecule has 1 atom stereocenters. The summed E-state index contributed by atoms with van der Waals surface area (Å²) in [6.07, 6.45) is 4.28. The molecule has 6 heterocycles. The lowest BCUT2D eigenvalue weighted by molar-refractivity contribution is 0.0975. The Morgan fingerprint density at radius 2 is 1.14 bits per heavy atom. The van der Waals surface area contributed by atoms with Crippen LogP contribution < -0.4 is 31.1 Å². The Labute approximate surface area is 486 Å². The summed E-state index contributed by atoms with van der Waals surface area (Å²) < 4.78 is 80.6. The first-order valence-corrected chi connectivity index (χ1v) is 32.3. The maximum atomic E-state index is 16.3. The molecule has 22 heteroatoms. The monoisotopic (exact) mass is 1190 g/mol. The SMILES string of the molecule is Cc1cc(CC(CS(C)(=O)=O)Nc2cccc(C(=O)N3CCc4cc(C(=O)Nc5c(C)cccc5F)sc4-c4ccccc43)n2)cc(F)c1NC(=O)c1cc2c(s1)-c1ccccc1N(C(=O)c1cccc(NCC3(S(C)(=O)=O)CC3)n1)CC2. The van der Waals surface area contributed by atoms with Crippen LogP contribution >= 0.6 is 22.7 Å². The van der Waals surface area contributed by atoms with Gasteiger partial charge in [-0.25, -0.2) is 35.6 Å². The van der Waals surface area contributed by atoms with E-state index < -0.39 is 59.8 Å². The molecule has 1 saturated carbocycles. The van der Waals surface area contributed by atoms with E-state index in [0.717, 1.165) is 38.3 Å². The van der Waals surface area contributed by atoms with Crippen molar-refractivity contribution >= 4 is 100 Å². The maximum Gasteiger partial charge on any atom is 0.276 e. The fourth-order valence-electron chi connectivity index (χ4n) is 10.7. The van der Waals surface area contributed by atoms with Gasteiger partial charge < -0.3 is 31.1 Å². The number of anilines is 6. The van der Waals surface area contributed by atoms with Gasteiger partial charge in [-0.1, -0.05) is 66.7 Å². The predicted molar refractivity (Wildman–Crippen MR) is 323 cm³/mol. The molecule has 426 valence electrons. The molecule has 4 amide bonds. The largest absolute Gasteiger partial charge is 0.368 e. The van der Waals surface area contributed by atoms with Crippen molar-refractivity contribution in [2.24, 2.45) is 0 Å². The van der Waals surface area contributed by atoms with Gasteiger partial charge in [0.1, 0.15) is 44.5 Å². The molecule has 0 radical (unpaired) electrons. The van der Waals surface area contributed by atoms with Crippen LogP contribution in [0, 0.1) is 25.5 Å². The minimum absolute atomic E-state index is 0.0295. The summed E-state index contributed by atoms with van der Waals surface area (Å²) in [7, 11) is -6.89. The normalized spacial score (nSPS) is 14.6. The number of benzene rings is 4. The topological polar surface area (TPSA) is 217 Å². The number of rotatable bonds is 16. The molecule has 0 bridgehead atoms. The van der Waals surface area contributed by atoms with Gasteiger partial charge in [0, 0.05) is 59.1 Å². The summed E-state index contributed by atoms with van der Waals surface area (Å²) in [6.45, 7) is 4.06. The van der Waals surface area contributed by atoms with E-state index in [2.05, 4.69) is 31.2 Å². The molecule has 1 fully saturated rings. The zero-order valence-electron chi connectivity index (χ0n) is 45.5. The van der Waals surface area contributed by atoms with Crippen LogP contribution in [0.15, 0.2) is 127 Å². The van der Waals surface area contributed by atoms with Gasteiger partial charge >= 0.3 is 0 Å². The van der Waals surface area contributed by atoms with E-state index in [1.165, 1.54) is 41.1 Å². The second-order valence-electron chi connectivity index (χ2n) is 21.3. The summed E-state index contributed by atoms with van der Waals surface area (Å²) in [5.74, 6) is -2.75. The van der Waals surface area contributed by atoms with Crippen LogP contribution in [0.5, 0.6) is 0 Å². The molecule has 8 aromatic rings. The maximum absolute atomic E-state index is 16.3. The number of thiophene rings is 2. The summed E-state index contributed by atoms with van der Waals surface area (Å²) in [4.78, 5) is 70.9. The number of pyridine rings is 2. The van der Waals surface area contributed by atoms with E-state index in [1.807, 2.05) is 48.5 Å². The van der Waals surface area contributed by atoms with Crippen molar-refractivity contribution in [3.8, 4) is 20.9 Å². The highest BCUT2D eigenvalue weighted by Crippen LogP contribution is 2.45.